The third-order valence-electron chi connectivity index (χ3n) is 3.44. The minimum absolute atomic E-state index is 0.164. The van der Waals surface area contributed by atoms with Crippen molar-refractivity contribution in [3.8, 4) is 0 Å². The normalized spacial score (nSPS) is 12.6. The van der Waals surface area contributed by atoms with Crippen LogP contribution in [0.15, 0.2) is 18.2 Å². The molecule has 1 rings (SSSR count). The summed E-state index contributed by atoms with van der Waals surface area (Å²) in [6, 6.07) is 2.69. The van der Waals surface area contributed by atoms with Crippen LogP contribution in [0.2, 0.25) is 0 Å². The van der Waals surface area contributed by atoms with E-state index in [9.17, 15) is 23.3 Å². The number of alkyl halides is 3. The Balaban J connectivity index is 3.10. The molecule has 0 aromatic heterocycles. The molecule has 0 saturated heterocycles. The molecule has 5 nitrogen and oxygen atoms in total. The maximum atomic E-state index is 13.0. The second-order valence-corrected chi connectivity index (χ2v) is 5.55. The average Bonchev–Trinajstić information content (AvgIpc) is 2.34. The molecule has 1 N–H and O–H groups in total. The minimum Gasteiger partial charge on any atom is -0.383 e. The highest BCUT2D eigenvalue weighted by molar-refractivity contribution is 5.57. The first-order chi connectivity index (χ1) is 9.45. The number of nitrogens with zero attached hydrogens (tertiary/aromatic N) is 2. The van der Waals surface area contributed by atoms with Gasteiger partial charge in [0.1, 0.15) is 0 Å². The van der Waals surface area contributed by atoms with Crippen LogP contribution in [0.25, 0.3) is 0 Å². The van der Waals surface area contributed by atoms with Crippen LogP contribution in [0.4, 0.5) is 24.5 Å². The Morgan fingerprint density at radius 1 is 1.29 bits per heavy atom. The number of nitro benzene ring substituents is 1. The zero-order valence-corrected chi connectivity index (χ0v) is 12.3. The van der Waals surface area contributed by atoms with Gasteiger partial charge in [0, 0.05) is 29.9 Å². The van der Waals surface area contributed by atoms with Crippen molar-refractivity contribution >= 4 is 11.4 Å². The van der Waals surface area contributed by atoms with Crippen LogP contribution in [0.5, 0.6) is 0 Å². The van der Waals surface area contributed by atoms with Gasteiger partial charge in [-0.15, -0.1) is 0 Å². The maximum Gasteiger partial charge on any atom is 0.418 e. The summed E-state index contributed by atoms with van der Waals surface area (Å²) in [7, 11) is 3.64. The Bertz CT molecular complexity index is 528. The molecule has 0 aliphatic rings. The Labute approximate surface area is 120 Å². The smallest absolute Gasteiger partial charge is 0.383 e. The van der Waals surface area contributed by atoms with Gasteiger partial charge in [-0.25, -0.2) is 0 Å². The highest BCUT2D eigenvalue weighted by Gasteiger charge is 2.35. The molecule has 0 atom stereocenters. The minimum atomic E-state index is -4.66. The summed E-state index contributed by atoms with van der Waals surface area (Å²) >= 11 is 0. The van der Waals surface area contributed by atoms with E-state index in [1.165, 1.54) is 0 Å². The van der Waals surface area contributed by atoms with Crippen LogP contribution >= 0.6 is 0 Å². The lowest BCUT2D eigenvalue weighted by Crippen LogP contribution is -2.44. The molecule has 1 aromatic carbocycles. The van der Waals surface area contributed by atoms with Crippen molar-refractivity contribution in [2.45, 2.75) is 25.6 Å². The lowest BCUT2D eigenvalue weighted by Gasteiger charge is -2.33. The van der Waals surface area contributed by atoms with Crippen molar-refractivity contribution in [2.24, 2.45) is 0 Å². The molecule has 0 spiro atoms. The third-order valence-corrected chi connectivity index (χ3v) is 3.44. The van der Waals surface area contributed by atoms with Gasteiger partial charge in [0.15, 0.2) is 0 Å². The standard InChI is InChI=1S/C13H18F3N3O2/c1-12(2,18(3)4)8-17-11-6-5-9(19(20)21)7-10(11)13(14,15)16/h5-7,17H,8H2,1-4H3. The van der Waals surface area contributed by atoms with E-state index in [-0.39, 0.29) is 17.8 Å². The third kappa shape index (κ3) is 4.32. The summed E-state index contributed by atoms with van der Waals surface area (Å²) in [4.78, 5) is 11.6. The number of rotatable bonds is 5. The van der Waals surface area contributed by atoms with Gasteiger partial charge in [0.25, 0.3) is 5.69 Å². The number of halogens is 3. The fraction of sp³-hybridized carbons (Fsp3) is 0.538. The fourth-order valence-electron chi connectivity index (χ4n) is 1.50. The van der Waals surface area contributed by atoms with Crippen LogP contribution < -0.4 is 5.32 Å². The molecule has 0 saturated carbocycles. The van der Waals surface area contributed by atoms with Gasteiger partial charge in [-0.1, -0.05) is 0 Å². The average molecular weight is 305 g/mol. The molecular formula is C13H18F3N3O2. The summed E-state index contributed by atoms with van der Waals surface area (Å²) in [5, 5.41) is 13.3. The molecule has 0 heterocycles. The van der Waals surface area contributed by atoms with Gasteiger partial charge in [0.2, 0.25) is 0 Å². The van der Waals surface area contributed by atoms with E-state index in [1.807, 2.05) is 32.8 Å². The Hall–Kier alpha value is -1.83. The largest absolute Gasteiger partial charge is 0.418 e. The number of nitrogens with one attached hydrogen (secondary N) is 1. The summed E-state index contributed by atoms with van der Waals surface area (Å²) < 4.78 is 39.0. The molecule has 0 aliphatic carbocycles. The monoisotopic (exact) mass is 305 g/mol. The van der Waals surface area contributed by atoms with Gasteiger partial charge < -0.3 is 10.2 Å². The SMILES string of the molecule is CN(C)C(C)(C)CNc1ccc([N+](=O)[O-])cc1C(F)(F)F. The van der Waals surface area contributed by atoms with E-state index >= 15 is 0 Å². The number of hydrogen-bond donors (Lipinski definition) is 1. The molecular weight excluding hydrogens is 287 g/mol. The number of hydrogen-bond acceptors (Lipinski definition) is 4. The van der Waals surface area contributed by atoms with Crippen molar-refractivity contribution in [3.63, 3.8) is 0 Å². The molecule has 0 unspecified atom stereocenters. The van der Waals surface area contributed by atoms with Crippen LogP contribution in [-0.4, -0.2) is 36.0 Å². The first-order valence-corrected chi connectivity index (χ1v) is 6.22. The number of benzene rings is 1. The fourth-order valence-corrected chi connectivity index (χ4v) is 1.50. The van der Waals surface area contributed by atoms with E-state index in [4.69, 9.17) is 0 Å². The molecule has 21 heavy (non-hydrogen) atoms. The van der Waals surface area contributed by atoms with Crippen LogP contribution in [-0.2, 0) is 6.18 Å². The Morgan fingerprint density at radius 2 is 1.86 bits per heavy atom. The summed E-state index contributed by atoms with van der Waals surface area (Å²) in [6.07, 6.45) is -4.66. The first-order valence-electron chi connectivity index (χ1n) is 6.22. The molecule has 8 heteroatoms. The Morgan fingerprint density at radius 3 is 2.29 bits per heavy atom. The molecule has 0 aliphatic heterocycles. The number of anilines is 1. The number of non-ortho nitro benzene ring substituents is 1. The van der Waals surface area contributed by atoms with Gasteiger partial charge in [-0.2, -0.15) is 13.2 Å². The molecule has 1 aromatic rings. The topological polar surface area (TPSA) is 58.4 Å². The predicted molar refractivity (Wildman–Crippen MR) is 74.4 cm³/mol. The summed E-state index contributed by atoms with van der Waals surface area (Å²) in [5.74, 6) is 0. The summed E-state index contributed by atoms with van der Waals surface area (Å²) in [6.45, 7) is 4.01. The van der Waals surface area contributed by atoms with E-state index in [0.717, 1.165) is 12.1 Å². The van der Waals surface area contributed by atoms with Crippen LogP contribution in [0.1, 0.15) is 19.4 Å². The molecule has 0 amide bonds. The van der Waals surface area contributed by atoms with Crippen molar-refractivity contribution in [2.75, 3.05) is 26.0 Å². The summed E-state index contributed by atoms with van der Waals surface area (Å²) in [5.41, 5.74) is -2.15. The van der Waals surface area contributed by atoms with E-state index < -0.39 is 22.4 Å². The van der Waals surface area contributed by atoms with Gasteiger partial charge in [-0.05, 0) is 34.0 Å². The second-order valence-electron chi connectivity index (χ2n) is 5.55. The highest BCUT2D eigenvalue weighted by Crippen LogP contribution is 2.37. The van der Waals surface area contributed by atoms with Gasteiger partial charge >= 0.3 is 6.18 Å². The first kappa shape index (κ1) is 17.2. The zero-order valence-electron chi connectivity index (χ0n) is 12.3. The van der Waals surface area contributed by atoms with Crippen molar-refractivity contribution in [3.05, 3.63) is 33.9 Å². The van der Waals surface area contributed by atoms with E-state index in [2.05, 4.69) is 5.32 Å². The quantitative estimate of drug-likeness (QED) is 0.669. The number of likely N-dealkylation sites (N-methyl/N-ethyl adjacent to an activating group) is 1. The number of nitro groups is 1. The zero-order chi connectivity index (χ0) is 16.4. The Kier molecular flexibility index (Phi) is 4.83. The van der Waals surface area contributed by atoms with Crippen LogP contribution in [0, 0.1) is 10.1 Å². The lowest BCUT2D eigenvalue weighted by atomic mass is 10.0. The van der Waals surface area contributed by atoms with E-state index in [0.29, 0.717) is 6.07 Å². The van der Waals surface area contributed by atoms with Crippen molar-refractivity contribution < 1.29 is 18.1 Å². The van der Waals surface area contributed by atoms with Crippen LogP contribution in [0.3, 0.4) is 0 Å². The van der Waals surface area contributed by atoms with Gasteiger partial charge in [-0.3, -0.25) is 10.1 Å². The lowest BCUT2D eigenvalue weighted by molar-refractivity contribution is -0.385. The highest BCUT2D eigenvalue weighted by atomic mass is 19.4. The predicted octanol–water partition coefficient (Wildman–Crippen LogP) is 3.37. The van der Waals surface area contributed by atoms with Crippen molar-refractivity contribution in [1.82, 2.24) is 4.90 Å². The second kappa shape index (κ2) is 5.88. The molecule has 0 bridgehead atoms. The van der Waals surface area contributed by atoms with Crippen molar-refractivity contribution in [1.29, 1.82) is 0 Å². The molecule has 0 fully saturated rings. The maximum absolute atomic E-state index is 13.0. The molecule has 118 valence electrons. The van der Waals surface area contributed by atoms with Gasteiger partial charge in [0.05, 0.1) is 10.5 Å². The van der Waals surface area contributed by atoms with E-state index in [1.54, 1.807) is 0 Å². The molecule has 0 radical (unpaired) electrons.